The van der Waals surface area contributed by atoms with Gasteiger partial charge in [0.1, 0.15) is 0 Å². The first-order valence-corrected chi connectivity index (χ1v) is 8.35. The Morgan fingerprint density at radius 1 is 1.29 bits per heavy atom. The van der Waals surface area contributed by atoms with Gasteiger partial charge in [-0.15, -0.1) is 0 Å². The third-order valence-corrected chi connectivity index (χ3v) is 5.43. The molecule has 0 bridgehead atoms. The summed E-state index contributed by atoms with van der Waals surface area (Å²) in [7, 11) is -2.92. The molecule has 4 heteroatoms. The van der Waals surface area contributed by atoms with Crippen molar-refractivity contribution in [2.45, 2.75) is 51.6 Å². The van der Waals surface area contributed by atoms with Gasteiger partial charge in [-0.3, -0.25) is 0 Å². The van der Waals surface area contributed by atoms with Crippen molar-refractivity contribution in [3.05, 3.63) is 11.5 Å². The van der Waals surface area contributed by atoms with Gasteiger partial charge < -0.3 is 5.32 Å². The quantitative estimate of drug-likeness (QED) is 0.842. The minimum atomic E-state index is -2.92. The summed E-state index contributed by atoms with van der Waals surface area (Å²) >= 11 is 0. The van der Waals surface area contributed by atoms with Crippen molar-refractivity contribution in [3.8, 4) is 0 Å². The summed E-state index contributed by atoms with van der Waals surface area (Å²) in [6.45, 7) is 4.57. The van der Waals surface area contributed by atoms with Crippen LogP contribution in [-0.4, -0.2) is 26.3 Å². The summed E-state index contributed by atoms with van der Waals surface area (Å²) in [5.74, 6) is 1.78. The van der Waals surface area contributed by atoms with E-state index in [2.05, 4.69) is 19.2 Å². The van der Waals surface area contributed by atoms with Crippen molar-refractivity contribution >= 4 is 9.84 Å². The van der Waals surface area contributed by atoms with Gasteiger partial charge in [-0.25, -0.2) is 8.42 Å². The summed E-state index contributed by atoms with van der Waals surface area (Å²) in [4.78, 5) is 0. The molecule has 0 saturated heterocycles. The third kappa shape index (κ3) is 3.55. The van der Waals surface area contributed by atoms with Gasteiger partial charge in [0.2, 0.25) is 0 Å². The van der Waals surface area contributed by atoms with Crippen LogP contribution < -0.4 is 5.32 Å². The molecule has 2 aliphatic rings. The highest BCUT2D eigenvalue weighted by Gasteiger charge is 2.28. The first kappa shape index (κ1) is 13.1. The number of sulfone groups is 1. The minimum absolute atomic E-state index is 0.0379. The predicted molar refractivity (Wildman–Crippen MR) is 70.4 cm³/mol. The van der Waals surface area contributed by atoms with E-state index in [4.69, 9.17) is 0 Å². The number of hydrogen-bond acceptors (Lipinski definition) is 3. The number of rotatable bonds is 3. The van der Waals surface area contributed by atoms with Crippen LogP contribution in [0.3, 0.4) is 0 Å². The minimum Gasteiger partial charge on any atom is -0.307 e. The topological polar surface area (TPSA) is 46.2 Å². The molecule has 1 aliphatic heterocycles. The van der Waals surface area contributed by atoms with E-state index in [9.17, 15) is 8.42 Å². The lowest BCUT2D eigenvalue weighted by molar-refractivity contribution is 0.228. The van der Waals surface area contributed by atoms with Gasteiger partial charge >= 0.3 is 0 Å². The van der Waals surface area contributed by atoms with Crippen molar-refractivity contribution in [1.82, 2.24) is 5.32 Å². The third-order valence-electron chi connectivity index (χ3n) is 4.04. The molecule has 0 aromatic heterocycles. The smallest absolute Gasteiger partial charge is 0.173 e. The van der Waals surface area contributed by atoms with E-state index in [0.717, 1.165) is 11.8 Å². The maximum atomic E-state index is 11.3. The Kier molecular flexibility index (Phi) is 3.93. The zero-order chi connectivity index (χ0) is 12.5. The molecule has 2 rings (SSSR count). The van der Waals surface area contributed by atoms with Crippen LogP contribution in [0.15, 0.2) is 11.5 Å². The summed E-state index contributed by atoms with van der Waals surface area (Å²) in [5, 5.41) is 4.85. The molecule has 98 valence electrons. The van der Waals surface area contributed by atoms with E-state index in [0.29, 0.717) is 6.04 Å². The van der Waals surface area contributed by atoms with Gasteiger partial charge in [0.25, 0.3) is 0 Å². The average Bonchev–Trinajstić information content (AvgIpc) is 2.58. The fourth-order valence-electron chi connectivity index (χ4n) is 2.97. The van der Waals surface area contributed by atoms with E-state index >= 15 is 0 Å². The Balaban J connectivity index is 1.86. The molecule has 0 aromatic rings. The second-order valence-electron chi connectivity index (χ2n) is 5.80. The summed E-state index contributed by atoms with van der Waals surface area (Å²) in [5.41, 5.74) is 0. The van der Waals surface area contributed by atoms with Crippen molar-refractivity contribution in [3.63, 3.8) is 0 Å². The lowest BCUT2D eigenvalue weighted by Crippen LogP contribution is -2.42. The van der Waals surface area contributed by atoms with Crippen LogP contribution in [0.5, 0.6) is 0 Å². The predicted octanol–water partition coefficient (Wildman–Crippen LogP) is 2.10. The highest BCUT2D eigenvalue weighted by atomic mass is 32.2. The van der Waals surface area contributed by atoms with E-state index in [1.165, 1.54) is 31.1 Å². The monoisotopic (exact) mass is 257 g/mol. The van der Waals surface area contributed by atoms with Gasteiger partial charge in [-0.2, -0.15) is 0 Å². The Hall–Kier alpha value is -0.350. The molecule has 0 amide bonds. The maximum Gasteiger partial charge on any atom is 0.173 e. The highest BCUT2D eigenvalue weighted by Crippen LogP contribution is 2.30. The molecule has 0 spiro atoms. The Labute approximate surface area is 105 Å². The van der Waals surface area contributed by atoms with Crippen molar-refractivity contribution < 1.29 is 8.42 Å². The van der Waals surface area contributed by atoms with Crippen LogP contribution in [0.2, 0.25) is 0 Å². The van der Waals surface area contributed by atoms with Crippen molar-refractivity contribution in [2.24, 2.45) is 11.8 Å². The van der Waals surface area contributed by atoms with Gasteiger partial charge in [0.15, 0.2) is 9.84 Å². The molecular weight excluding hydrogens is 234 g/mol. The fourth-order valence-corrected chi connectivity index (χ4v) is 4.21. The van der Waals surface area contributed by atoms with E-state index in [1.54, 1.807) is 6.08 Å². The zero-order valence-corrected chi connectivity index (χ0v) is 11.5. The molecule has 1 saturated carbocycles. The molecule has 3 nitrogen and oxygen atoms in total. The second-order valence-corrected chi connectivity index (χ2v) is 7.73. The molecule has 17 heavy (non-hydrogen) atoms. The van der Waals surface area contributed by atoms with Gasteiger partial charge in [-0.1, -0.05) is 32.8 Å². The van der Waals surface area contributed by atoms with Gasteiger partial charge in [0.05, 0.1) is 5.75 Å². The molecule has 3 unspecified atom stereocenters. The first-order chi connectivity index (χ1) is 7.96. The van der Waals surface area contributed by atoms with E-state index in [-0.39, 0.29) is 11.8 Å². The summed E-state index contributed by atoms with van der Waals surface area (Å²) in [6, 6.07) is 0.537. The van der Waals surface area contributed by atoms with Crippen molar-refractivity contribution in [2.75, 3.05) is 5.75 Å². The maximum absolute atomic E-state index is 11.3. The second kappa shape index (κ2) is 5.11. The van der Waals surface area contributed by atoms with Crippen LogP contribution in [0, 0.1) is 11.8 Å². The highest BCUT2D eigenvalue weighted by molar-refractivity contribution is 7.94. The Morgan fingerprint density at radius 3 is 2.65 bits per heavy atom. The lowest BCUT2D eigenvalue weighted by atomic mass is 9.79. The normalized spacial score (nSPS) is 36.5. The van der Waals surface area contributed by atoms with Crippen LogP contribution >= 0.6 is 0 Å². The molecule has 0 aromatic carbocycles. The molecule has 1 aliphatic carbocycles. The fraction of sp³-hybridized carbons (Fsp3) is 0.846. The molecule has 1 heterocycles. The average molecular weight is 257 g/mol. The van der Waals surface area contributed by atoms with E-state index in [1.807, 2.05) is 0 Å². The SMILES string of the molecule is CC(C)C1CCCC(NC2C=CS(=O)(=O)C2)C1. The number of hydrogen-bond donors (Lipinski definition) is 1. The number of nitrogens with one attached hydrogen (secondary N) is 1. The first-order valence-electron chi connectivity index (χ1n) is 6.63. The molecule has 1 fully saturated rings. The molecule has 1 N–H and O–H groups in total. The largest absolute Gasteiger partial charge is 0.307 e. The van der Waals surface area contributed by atoms with Crippen LogP contribution in [-0.2, 0) is 9.84 Å². The van der Waals surface area contributed by atoms with Gasteiger partial charge in [-0.05, 0) is 24.7 Å². The Bertz CT molecular complexity index is 386. The van der Waals surface area contributed by atoms with Crippen LogP contribution in [0.4, 0.5) is 0 Å². The standard InChI is InChI=1S/C13H23NO2S/c1-10(2)11-4-3-5-12(8-11)14-13-6-7-17(15,16)9-13/h6-7,10-14H,3-5,8-9H2,1-2H3. The molecule has 0 radical (unpaired) electrons. The lowest BCUT2D eigenvalue weighted by Gasteiger charge is -2.33. The van der Waals surface area contributed by atoms with Crippen molar-refractivity contribution in [1.29, 1.82) is 0 Å². The molecule has 3 atom stereocenters. The van der Waals surface area contributed by atoms with Crippen LogP contribution in [0.25, 0.3) is 0 Å². The van der Waals surface area contributed by atoms with Crippen LogP contribution in [0.1, 0.15) is 39.5 Å². The Morgan fingerprint density at radius 2 is 2.06 bits per heavy atom. The summed E-state index contributed by atoms with van der Waals surface area (Å²) < 4.78 is 22.7. The molecular formula is C13H23NO2S. The summed E-state index contributed by atoms with van der Waals surface area (Å²) in [6.07, 6.45) is 6.78. The van der Waals surface area contributed by atoms with E-state index < -0.39 is 9.84 Å². The zero-order valence-electron chi connectivity index (χ0n) is 10.7. The van der Waals surface area contributed by atoms with Gasteiger partial charge in [0, 0.05) is 17.5 Å².